The Labute approximate surface area is 85.4 Å². The van der Waals surface area contributed by atoms with Crippen LogP contribution in [0.15, 0.2) is 24.5 Å². The van der Waals surface area contributed by atoms with E-state index in [-0.39, 0.29) is 5.56 Å². The highest BCUT2D eigenvalue weighted by atomic mass is 16.5. The van der Waals surface area contributed by atoms with Crippen molar-refractivity contribution in [1.82, 2.24) is 9.97 Å². The number of carboxylic acid groups (broad SMARTS) is 1. The van der Waals surface area contributed by atoms with Crippen LogP contribution in [0.3, 0.4) is 0 Å². The zero-order chi connectivity index (χ0) is 10.8. The monoisotopic (exact) mass is 204 g/mol. The minimum atomic E-state index is -1.02. The number of hydrogen-bond acceptors (Lipinski definition) is 4. The van der Waals surface area contributed by atoms with E-state index in [1.54, 1.807) is 18.3 Å². The number of carboxylic acids is 1. The molecule has 0 spiro atoms. The van der Waals surface area contributed by atoms with E-state index in [1.165, 1.54) is 13.3 Å². The maximum absolute atomic E-state index is 10.9. The Bertz CT molecular complexity index is 525. The SMILES string of the molecule is COc1ncc(C(=O)O)c2cccnc12. The fourth-order valence-corrected chi connectivity index (χ4v) is 1.37. The number of hydrogen-bond donors (Lipinski definition) is 1. The summed E-state index contributed by atoms with van der Waals surface area (Å²) in [6.07, 6.45) is 2.84. The second-order valence-electron chi connectivity index (χ2n) is 2.89. The summed E-state index contributed by atoms with van der Waals surface area (Å²) in [5.74, 6) is -0.696. The number of fused-ring (bicyclic) bond motifs is 1. The molecule has 76 valence electrons. The lowest BCUT2D eigenvalue weighted by Gasteiger charge is -2.04. The highest BCUT2D eigenvalue weighted by Crippen LogP contribution is 2.23. The number of aromatic nitrogens is 2. The molecule has 0 aliphatic rings. The van der Waals surface area contributed by atoms with Crippen LogP contribution in [0.4, 0.5) is 0 Å². The topological polar surface area (TPSA) is 72.3 Å². The molecule has 1 N–H and O–H groups in total. The molecule has 0 aromatic carbocycles. The number of pyridine rings is 2. The third-order valence-electron chi connectivity index (χ3n) is 2.04. The van der Waals surface area contributed by atoms with Gasteiger partial charge in [-0.25, -0.2) is 9.78 Å². The predicted octanol–water partition coefficient (Wildman–Crippen LogP) is 1.34. The third-order valence-corrected chi connectivity index (χ3v) is 2.04. The smallest absolute Gasteiger partial charge is 0.337 e. The molecule has 0 saturated heterocycles. The van der Waals surface area contributed by atoms with E-state index >= 15 is 0 Å². The summed E-state index contributed by atoms with van der Waals surface area (Å²) < 4.78 is 5.00. The molecule has 5 nitrogen and oxygen atoms in total. The fraction of sp³-hybridized carbons (Fsp3) is 0.100. The van der Waals surface area contributed by atoms with E-state index in [9.17, 15) is 4.79 Å². The lowest BCUT2D eigenvalue weighted by molar-refractivity contribution is 0.0698. The first-order chi connectivity index (χ1) is 7.24. The molecule has 0 bridgehead atoms. The van der Waals surface area contributed by atoms with Gasteiger partial charge in [-0.2, -0.15) is 0 Å². The first-order valence-corrected chi connectivity index (χ1v) is 4.25. The molecule has 2 aromatic rings. The van der Waals surface area contributed by atoms with Gasteiger partial charge in [0.15, 0.2) is 0 Å². The summed E-state index contributed by atoms with van der Waals surface area (Å²) in [5.41, 5.74) is 0.582. The van der Waals surface area contributed by atoms with E-state index in [4.69, 9.17) is 9.84 Å². The molecular formula is C10H8N2O3. The molecule has 0 aliphatic heterocycles. The molecule has 0 fully saturated rings. The first kappa shape index (κ1) is 9.39. The minimum absolute atomic E-state index is 0.124. The molecule has 5 heteroatoms. The van der Waals surface area contributed by atoms with Gasteiger partial charge in [-0.3, -0.25) is 4.98 Å². The largest absolute Gasteiger partial charge is 0.479 e. The van der Waals surface area contributed by atoms with Gasteiger partial charge in [0.2, 0.25) is 5.88 Å². The van der Waals surface area contributed by atoms with Gasteiger partial charge in [-0.05, 0) is 6.07 Å². The van der Waals surface area contributed by atoms with Crippen molar-refractivity contribution in [3.63, 3.8) is 0 Å². The van der Waals surface area contributed by atoms with E-state index < -0.39 is 5.97 Å². The van der Waals surface area contributed by atoms with Gasteiger partial charge < -0.3 is 9.84 Å². The molecule has 15 heavy (non-hydrogen) atoms. The summed E-state index contributed by atoms with van der Waals surface area (Å²) in [5, 5.41) is 9.46. The molecule has 0 unspecified atom stereocenters. The van der Waals surface area contributed by atoms with Crippen LogP contribution in [0.1, 0.15) is 10.4 Å². The van der Waals surface area contributed by atoms with Crippen molar-refractivity contribution in [3.8, 4) is 5.88 Å². The van der Waals surface area contributed by atoms with Crippen LogP contribution in [0, 0.1) is 0 Å². The van der Waals surface area contributed by atoms with Crippen molar-refractivity contribution >= 4 is 16.9 Å². The zero-order valence-electron chi connectivity index (χ0n) is 7.97. The van der Waals surface area contributed by atoms with Crippen LogP contribution in [0.5, 0.6) is 5.88 Å². The standard InChI is InChI=1S/C10H8N2O3/c1-15-9-8-6(3-2-4-11-8)7(5-12-9)10(13)14/h2-5H,1H3,(H,13,14). The van der Waals surface area contributed by atoms with Gasteiger partial charge in [0, 0.05) is 17.8 Å². The summed E-state index contributed by atoms with van der Waals surface area (Å²) in [6, 6.07) is 3.35. The lowest BCUT2D eigenvalue weighted by atomic mass is 10.1. The number of ether oxygens (including phenoxy) is 1. The number of carbonyl (C=O) groups is 1. The van der Waals surface area contributed by atoms with Crippen molar-refractivity contribution in [1.29, 1.82) is 0 Å². The third kappa shape index (κ3) is 1.48. The maximum Gasteiger partial charge on any atom is 0.337 e. The van der Waals surface area contributed by atoms with Gasteiger partial charge in [-0.1, -0.05) is 6.07 Å². The number of nitrogens with zero attached hydrogens (tertiary/aromatic N) is 2. The fourth-order valence-electron chi connectivity index (χ4n) is 1.37. The molecule has 0 amide bonds. The van der Waals surface area contributed by atoms with Crippen LogP contribution in [0.2, 0.25) is 0 Å². The lowest BCUT2D eigenvalue weighted by Crippen LogP contribution is -2.01. The molecule has 0 aliphatic carbocycles. The van der Waals surface area contributed by atoms with E-state index in [1.807, 2.05) is 0 Å². The molecule has 2 heterocycles. The van der Waals surface area contributed by atoms with Gasteiger partial charge >= 0.3 is 5.97 Å². The maximum atomic E-state index is 10.9. The van der Waals surface area contributed by atoms with Crippen molar-refractivity contribution < 1.29 is 14.6 Å². The Morgan fingerprint density at radius 1 is 1.47 bits per heavy atom. The molecular weight excluding hydrogens is 196 g/mol. The average molecular weight is 204 g/mol. The van der Waals surface area contributed by atoms with Gasteiger partial charge in [-0.15, -0.1) is 0 Å². The van der Waals surface area contributed by atoms with Crippen molar-refractivity contribution in [3.05, 3.63) is 30.1 Å². The van der Waals surface area contributed by atoms with Crippen LogP contribution in [-0.2, 0) is 0 Å². The minimum Gasteiger partial charge on any atom is -0.479 e. The predicted molar refractivity (Wildman–Crippen MR) is 53.0 cm³/mol. The van der Waals surface area contributed by atoms with Crippen molar-refractivity contribution in [2.75, 3.05) is 7.11 Å². The van der Waals surface area contributed by atoms with Crippen molar-refractivity contribution in [2.45, 2.75) is 0 Å². The Balaban J connectivity index is 2.83. The first-order valence-electron chi connectivity index (χ1n) is 4.25. The van der Waals surface area contributed by atoms with Crippen LogP contribution in [0.25, 0.3) is 10.9 Å². The Kier molecular flexibility index (Phi) is 2.21. The van der Waals surface area contributed by atoms with Crippen molar-refractivity contribution in [2.24, 2.45) is 0 Å². The van der Waals surface area contributed by atoms with Gasteiger partial charge in [0.1, 0.15) is 5.52 Å². The summed E-state index contributed by atoms with van der Waals surface area (Å²) >= 11 is 0. The summed E-state index contributed by atoms with van der Waals surface area (Å²) in [7, 11) is 1.47. The average Bonchev–Trinajstić information content (AvgIpc) is 2.27. The van der Waals surface area contributed by atoms with E-state index in [2.05, 4.69) is 9.97 Å². The number of rotatable bonds is 2. The molecule has 0 saturated carbocycles. The number of aromatic carboxylic acids is 1. The van der Waals surface area contributed by atoms with Crippen LogP contribution < -0.4 is 4.74 Å². The number of methoxy groups -OCH3 is 1. The molecule has 0 atom stereocenters. The van der Waals surface area contributed by atoms with Crippen LogP contribution >= 0.6 is 0 Å². The van der Waals surface area contributed by atoms with Gasteiger partial charge in [0.25, 0.3) is 0 Å². The molecule has 0 radical (unpaired) electrons. The Morgan fingerprint density at radius 3 is 2.93 bits per heavy atom. The van der Waals surface area contributed by atoms with E-state index in [0.717, 1.165) is 0 Å². The molecule has 2 aromatic heterocycles. The Hall–Kier alpha value is -2.17. The van der Waals surface area contributed by atoms with Gasteiger partial charge in [0.05, 0.1) is 12.7 Å². The molecule has 2 rings (SSSR count). The summed E-state index contributed by atoms with van der Waals surface area (Å²) in [4.78, 5) is 18.8. The normalized spacial score (nSPS) is 10.2. The summed E-state index contributed by atoms with van der Waals surface area (Å²) in [6.45, 7) is 0. The second-order valence-corrected chi connectivity index (χ2v) is 2.89. The Morgan fingerprint density at radius 2 is 2.27 bits per heavy atom. The highest BCUT2D eigenvalue weighted by molar-refractivity contribution is 6.03. The van der Waals surface area contributed by atoms with Crippen LogP contribution in [-0.4, -0.2) is 28.2 Å². The van der Waals surface area contributed by atoms with E-state index in [0.29, 0.717) is 16.8 Å². The second kappa shape index (κ2) is 3.53. The zero-order valence-corrected chi connectivity index (χ0v) is 7.97. The highest BCUT2D eigenvalue weighted by Gasteiger charge is 2.13. The quantitative estimate of drug-likeness (QED) is 0.799.